The standard InChI is InChI=1S/C12H21NO3/c1-2-16-11(14)12(6-3-7-15-9-12)13-8-10-4-5-10/h10,13H,2-9H2,1H3. The zero-order valence-electron chi connectivity index (χ0n) is 9.96. The fourth-order valence-corrected chi connectivity index (χ4v) is 2.10. The van der Waals surface area contributed by atoms with Gasteiger partial charge in [0.15, 0.2) is 0 Å². The van der Waals surface area contributed by atoms with Gasteiger partial charge < -0.3 is 9.47 Å². The van der Waals surface area contributed by atoms with Crippen LogP contribution < -0.4 is 5.32 Å². The monoisotopic (exact) mass is 227 g/mol. The number of hydrogen-bond donors (Lipinski definition) is 1. The summed E-state index contributed by atoms with van der Waals surface area (Å²) in [5.41, 5.74) is -0.573. The van der Waals surface area contributed by atoms with Crippen molar-refractivity contribution in [3.63, 3.8) is 0 Å². The van der Waals surface area contributed by atoms with E-state index in [1.807, 2.05) is 6.92 Å². The molecule has 0 amide bonds. The highest BCUT2D eigenvalue weighted by atomic mass is 16.5. The van der Waals surface area contributed by atoms with Crippen molar-refractivity contribution in [3.05, 3.63) is 0 Å². The molecule has 4 heteroatoms. The Kier molecular flexibility index (Phi) is 3.82. The topological polar surface area (TPSA) is 47.6 Å². The third-order valence-corrected chi connectivity index (χ3v) is 3.33. The summed E-state index contributed by atoms with van der Waals surface area (Å²) in [4.78, 5) is 12.0. The molecule has 1 saturated carbocycles. The molecule has 1 atom stereocenters. The van der Waals surface area contributed by atoms with E-state index in [0.29, 0.717) is 13.2 Å². The fourth-order valence-electron chi connectivity index (χ4n) is 2.10. The van der Waals surface area contributed by atoms with Crippen LogP contribution in [0.5, 0.6) is 0 Å². The lowest BCUT2D eigenvalue weighted by atomic mass is 9.92. The van der Waals surface area contributed by atoms with Crippen molar-refractivity contribution in [2.24, 2.45) is 5.92 Å². The van der Waals surface area contributed by atoms with Crippen molar-refractivity contribution in [3.8, 4) is 0 Å². The Hall–Kier alpha value is -0.610. The lowest BCUT2D eigenvalue weighted by Crippen LogP contribution is -2.58. The second-order valence-electron chi connectivity index (χ2n) is 4.78. The number of carbonyl (C=O) groups is 1. The van der Waals surface area contributed by atoms with Crippen molar-refractivity contribution < 1.29 is 14.3 Å². The summed E-state index contributed by atoms with van der Waals surface area (Å²) in [6.45, 7) is 4.41. The number of ether oxygens (including phenoxy) is 2. The summed E-state index contributed by atoms with van der Waals surface area (Å²) in [5, 5.41) is 3.38. The van der Waals surface area contributed by atoms with Gasteiger partial charge in [-0.05, 0) is 45.1 Å². The molecular weight excluding hydrogens is 206 g/mol. The summed E-state index contributed by atoms with van der Waals surface area (Å²) in [5.74, 6) is 0.614. The van der Waals surface area contributed by atoms with Gasteiger partial charge in [0, 0.05) is 6.61 Å². The van der Waals surface area contributed by atoms with E-state index >= 15 is 0 Å². The molecule has 2 rings (SSSR count). The van der Waals surface area contributed by atoms with E-state index in [9.17, 15) is 4.79 Å². The minimum atomic E-state index is -0.573. The van der Waals surface area contributed by atoms with Crippen molar-refractivity contribution in [2.75, 3.05) is 26.4 Å². The molecule has 2 aliphatic rings. The Morgan fingerprint density at radius 1 is 1.56 bits per heavy atom. The average molecular weight is 227 g/mol. The van der Waals surface area contributed by atoms with E-state index < -0.39 is 5.54 Å². The Bertz CT molecular complexity index is 245. The predicted octanol–water partition coefficient (Wildman–Crippen LogP) is 1.10. The molecule has 1 aliphatic heterocycles. The fraction of sp³-hybridized carbons (Fsp3) is 0.917. The number of carbonyl (C=O) groups excluding carboxylic acids is 1. The van der Waals surface area contributed by atoms with Crippen LogP contribution in [0.2, 0.25) is 0 Å². The van der Waals surface area contributed by atoms with Gasteiger partial charge >= 0.3 is 5.97 Å². The first-order chi connectivity index (χ1) is 7.77. The van der Waals surface area contributed by atoms with Gasteiger partial charge in [-0.15, -0.1) is 0 Å². The van der Waals surface area contributed by atoms with E-state index in [1.165, 1.54) is 12.8 Å². The van der Waals surface area contributed by atoms with Gasteiger partial charge in [0.25, 0.3) is 0 Å². The molecule has 4 nitrogen and oxygen atoms in total. The van der Waals surface area contributed by atoms with Crippen LogP contribution in [0.15, 0.2) is 0 Å². The van der Waals surface area contributed by atoms with Crippen LogP contribution in [-0.2, 0) is 14.3 Å². The molecule has 1 saturated heterocycles. The molecule has 0 radical (unpaired) electrons. The number of rotatable bonds is 5. The zero-order chi connectivity index (χ0) is 11.4. The summed E-state index contributed by atoms with van der Waals surface area (Å²) < 4.78 is 10.6. The van der Waals surface area contributed by atoms with Crippen LogP contribution in [0.25, 0.3) is 0 Å². The molecule has 92 valence electrons. The Balaban J connectivity index is 1.94. The highest BCUT2D eigenvalue weighted by Gasteiger charge is 2.42. The van der Waals surface area contributed by atoms with Crippen LogP contribution in [0.3, 0.4) is 0 Å². The molecule has 1 aliphatic carbocycles. The molecule has 1 heterocycles. The molecule has 0 bridgehead atoms. The van der Waals surface area contributed by atoms with Gasteiger partial charge in [-0.3, -0.25) is 5.32 Å². The van der Waals surface area contributed by atoms with Crippen molar-refractivity contribution in [2.45, 2.75) is 38.1 Å². The van der Waals surface area contributed by atoms with Gasteiger partial charge in [-0.2, -0.15) is 0 Å². The average Bonchev–Trinajstić information content (AvgIpc) is 3.12. The van der Waals surface area contributed by atoms with Crippen LogP contribution >= 0.6 is 0 Å². The SMILES string of the molecule is CCOC(=O)C1(NCC2CC2)CCCOC1. The Morgan fingerprint density at radius 3 is 2.94 bits per heavy atom. The van der Waals surface area contributed by atoms with Crippen molar-refractivity contribution in [1.29, 1.82) is 0 Å². The van der Waals surface area contributed by atoms with Crippen molar-refractivity contribution in [1.82, 2.24) is 5.32 Å². The summed E-state index contributed by atoms with van der Waals surface area (Å²) in [6.07, 6.45) is 4.33. The summed E-state index contributed by atoms with van der Waals surface area (Å²) in [6, 6.07) is 0. The molecule has 1 N–H and O–H groups in total. The van der Waals surface area contributed by atoms with E-state index in [4.69, 9.17) is 9.47 Å². The minimum absolute atomic E-state index is 0.143. The van der Waals surface area contributed by atoms with E-state index in [1.54, 1.807) is 0 Å². The number of hydrogen-bond acceptors (Lipinski definition) is 4. The Labute approximate surface area is 96.7 Å². The lowest BCUT2D eigenvalue weighted by molar-refractivity contribution is -0.157. The largest absolute Gasteiger partial charge is 0.465 e. The third-order valence-electron chi connectivity index (χ3n) is 3.33. The van der Waals surface area contributed by atoms with E-state index in [-0.39, 0.29) is 5.97 Å². The molecule has 0 spiro atoms. The highest BCUT2D eigenvalue weighted by molar-refractivity contribution is 5.81. The highest BCUT2D eigenvalue weighted by Crippen LogP contribution is 2.29. The quantitative estimate of drug-likeness (QED) is 0.714. The molecule has 1 unspecified atom stereocenters. The molecule has 0 aromatic rings. The number of nitrogens with one attached hydrogen (secondary N) is 1. The third kappa shape index (κ3) is 2.74. The lowest BCUT2D eigenvalue weighted by Gasteiger charge is -2.35. The molecule has 0 aromatic carbocycles. The van der Waals surface area contributed by atoms with Crippen LogP contribution in [-0.4, -0.2) is 37.9 Å². The zero-order valence-corrected chi connectivity index (χ0v) is 9.96. The molecular formula is C12H21NO3. The van der Waals surface area contributed by atoms with Gasteiger partial charge in [0.2, 0.25) is 0 Å². The molecule has 0 aromatic heterocycles. The molecule has 2 fully saturated rings. The molecule has 16 heavy (non-hydrogen) atoms. The maximum atomic E-state index is 12.0. The normalized spacial score (nSPS) is 30.1. The van der Waals surface area contributed by atoms with Crippen molar-refractivity contribution >= 4 is 5.97 Å². The first-order valence-corrected chi connectivity index (χ1v) is 6.27. The van der Waals surface area contributed by atoms with Crippen LogP contribution in [0.4, 0.5) is 0 Å². The first kappa shape index (κ1) is 11.9. The minimum Gasteiger partial charge on any atom is -0.465 e. The van der Waals surface area contributed by atoms with Gasteiger partial charge in [0.1, 0.15) is 5.54 Å². The number of esters is 1. The Morgan fingerprint density at radius 2 is 2.38 bits per heavy atom. The van der Waals surface area contributed by atoms with Gasteiger partial charge in [0.05, 0.1) is 13.2 Å². The predicted molar refractivity (Wildman–Crippen MR) is 60.1 cm³/mol. The summed E-state index contributed by atoms with van der Waals surface area (Å²) >= 11 is 0. The van der Waals surface area contributed by atoms with Crippen LogP contribution in [0.1, 0.15) is 32.6 Å². The van der Waals surface area contributed by atoms with Gasteiger partial charge in [-0.1, -0.05) is 0 Å². The van der Waals surface area contributed by atoms with E-state index in [0.717, 1.165) is 31.9 Å². The first-order valence-electron chi connectivity index (χ1n) is 6.27. The van der Waals surface area contributed by atoms with E-state index in [2.05, 4.69) is 5.32 Å². The summed E-state index contributed by atoms with van der Waals surface area (Å²) in [7, 11) is 0. The smallest absolute Gasteiger partial charge is 0.328 e. The second-order valence-corrected chi connectivity index (χ2v) is 4.78. The van der Waals surface area contributed by atoms with Gasteiger partial charge in [-0.25, -0.2) is 4.79 Å². The second kappa shape index (κ2) is 5.15. The van der Waals surface area contributed by atoms with Crippen LogP contribution in [0, 0.1) is 5.92 Å². The maximum absolute atomic E-state index is 12.0. The maximum Gasteiger partial charge on any atom is 0.328 e.